The van der Waals surface area contributed by atoms with E-state index in [-0.39, 0.29) is 36.9 Å². The molecule has 0 aliphatic heterocycles. The Morgan fingerprint density at radius 2 is 1.65 bits per heavy atom. The van der Waals surface area contributed by atoms with Gasteiger partial charge in [0, 0.05) is 17.3 Å². The van der Waals surface area contributed by atoms with E-state index in [0.717, 1.165) is 37.7 Å². The first kappa shape index (κ1) is 22.5. The first-order chi connectivity index (χ1) is 15.0. The zero-order valence-corrected chi connectivity index (χ0v) is 18.3. The van der Waals surface area contributed by atoms with Crippen LogP contribution in [-0.4, -0.2) is 41.8 Å². The maximum absolute atomic E-state index is 13.0. The number of benzene rings is 2. The standard InChI is InChI=1S/C25H31N3O3/c1-3-4-5-19-8-10-20(11-9-19)25(31)28(22-14-15-22)17-24(30)26-16-23(29)27-21-12-6-18(2)7-13-21/h6-13,22H,3-5,14-17H2,1-2H3,(H,26,30)(H,27,29). The molecule has 6 heteroatoms. The molecule has 3 rings (SSSR count). The Labute approximate surface area is 184 Å². The zero-order valence-electron chi connectivity index (χ0n) is 18.3. The molecular formula is C25H31N3O3. The van der Waals surface area contributed by atoms with E-state index in [4.69, 9.17) is 0 Å². The van der Waals surface area contributed by atoms with Gasteiger partial charge < -0.3 is 15.5 Å². The highest BCUT2D eigenvalue weighted by atomic mass is 16.2. The molecule has 3 amide bonds. The monoisotopic (exact) mass is 421 g/mol. The van der Waals surface area contributed by atoms with Crippen molar-refractivity contribution in [1.29, 1.82) is 0 Å². The molecule has 0 saturated heterocycles. The van der Waals surface area contributed by atoms with Crippen LogP contribution in [0, 0.1) is 6.92 Å². The molecule has 0 radical (unpaired) electrons. The van der Waals surface area contributed by atoms with E-state index in [1.807, 2.05) is 55.5 Å². The van der Waals surface area contributed by atoms with Crippen LogP contribution in [0.1, 0.15) is 54.1 Å². The van der Waals surface area contributed by atoms with Crippen LogP contribution in [0.15, 0.2) is 48.5 Å². The zero-order chi connectivity index (χ0) is 22.2. The van der Waals surface area contributed by atoms with Crippen molar-refractivity contribution in [3.8, 4) is 0 Å². The normalized spacial score (nSPS) is 12.8. The molecule has 2 aromatic carbocycles. The average Bonchev–Trinajstić information content (AvgIpc) is 3.61. The molecule has 1 aliphatic carbocycles. The summed E-state index contributed by atoms with van der Waals surface area (Å²) in [6.07, 6.45) is 5.07. The van der Waals surface area contributed by atoms with Crippen molar-refractivity contribution in [2.24, 2.45) is 0 Å². The van der Waals surface area contributed by atoms with Gasteiger partial charge in [-0.3, -0.25) is 14.4 Å². The summed E-state index contributed by atoms with van der Waals surface area (Å²) >= 11 is 0. The van der Waals surface area contributed by atoms with Crippen LogP contribution in [-0.2, 0) is 16.0 Å². The molecule has 31 heavy (non-hydrogen) atoms. The van der Waals surface area contributed by atoms with Gasteiger partial charge in [0.15, 0.2) is 0 Å². The summed E-state index contributed by atoms with van der Waals surface area (Å²) in [5.74, 6) is -0.771. The van der Waals surface area contributed by atoms with E-state index in [1.165, 1.54) is 5.56 Å². The lowest BCUT2D eigenvalue weighted by Gasteiger charge is -2.22. The van der Waals surface area contributed by atoms with Crippen molar-refractivity contribution >= 4 is 23.4 Å². The molecule has 0 spiro atoms. The molecule has 1 saturated carbocycles. The number of carbonyl (C=O) groups excluding carboxylic acids is 3. The predicted octanol–water partition coefficient (Wildman–Crippen LogP) is 3.70. The summed E-state index contributed by atoms with van der Waals surface area (Å²) in [7, 11) is 0. The minimum absolute atomic E-state index is 0.0428. The molecule has 164 valence electrons. The Kier molecular flexibility index (Phi) is 7.82. The third-order valence-electron chi connectivity index (χ3n) is 5.36. The van der Waals surface area contributed by atoms with Gasteiger partial charge in [-0.25, -0.2) is 0 Å². The van der Waals surface area contributed by atoms with Gasteiger partial charge in [0.05, 0.1) is 6.54 Å². The topological polar surface area (TPSA) is 78.5 Å². The molecule has 0 aromatic heterocycles. The van der Waals surface area contributed by atoms with E-state index >= 15 is 0 Å². The van der Waals surface area contributed by atoms with Gasteiger partial charge in [-0.1, -0.05) is 43.2 Å². The fourth-order valence-electron chi connectivity index (χ4n) is 3.35. The molecule has 0 atom stereocenters. The SMILES string of the molecule is CCCCc1ccc(C(=O)N(CC(=O)NCC(=O)Nc2ccc(C)cc2)C2CC2)cc1. The Bertz CT molecular complexity index is 903. The fourth-order valence-corrected chi connectivity index (χ4v) is 3.35. The molecular weight excluding hydrogens is 390 g/mol. The van der Waals surface area contributed by atoms with Crippen LogP contribution in [0.4, 0.5) is 5.69 Å². The summed E-state index contributed by atoms with van der Waals surface area (Å²) in [6, 6.07) is 15.2. The highest BCUT2D eigenvalue weighted by Gasteiger charge is 2.34. The Hall–Kier alpha value is -3.15. The predicted molar refractivity (Wildman–Crippen MR) is 122 cm³/mol. The largest absolute Gasteiger partial charge is 0.345 e. The number of anilines is 1. The van der Waals surface area contributed by atoms with Gasteiger partial charge in [0.2, 0.25) is 11.8 Å². The minimum atomic E-state index is -0.334. The summed E-state index contributed by atoms with van der Waals surface area (Å²) in [4.78, 5) is 39.1. The van der Waals surface area contributed by atoms with Crippen LogP contribution in [0.5, 0.6) is 0 Å². The Morgan fingerprint density at radius 3 is 2.26 bits per heavy atom. The van der Waals surface area contributed by atoms with Crippen molar-refractivity contribution in [2.75, 3.05) is 18.4 Å². The maximum atomic E-state index is 13.0. The molecule has 0 unspecified atom stereocenters. The number of unbranched alkanes of at least 4 members (excludes halogenated alkanes) is 1. The molecule has 6 nitrogen and oxygen atoms in total. The van der Waals surface area contributed by atoms with Crippen LogP contribution in [0.2, 0.25) is 0 Å². The van der Waals surface area contributed by atoms with E-state index in [0.29, 0.717) is 11.3 Å². The lowest BCUT2D eigenvalue weighted by Crippen LogP contribution is -2.43. The van der Waals surface area contributed by atoms with Crippen molar-refractivity contribution in [3.63, 3.8) is 0 Å². The summed E-state index contributed by atoms with van der Waals surface area (Å²) in [5, 5.41) is 5.37. The van der Waals surface area contributed by atoms with E-state index in [9.17, 15) is 14.4 Å². The van der Waals surface area contributed by atoms with Gasteiger partial charge in [0.1, 0.15) is 6.54 Å². The first-order valence-electron chi connectivity index (χ1n) is 11.0. The van der Waals surface area contributed by atoms with Crippen LogP contribution in [0.25, 0.3) is 0 Å². The van der Waals surface area contributed by atoms with Crippen molar-refractivity contribution < 1.29 is 14.4 Å². The van der Waals surface area contributed by atoms with E-state index in [2.05, 4.69) is 17.6 Å². The quantitative estimate of drug-likeness (QED) is 0.614. The molecule has 2 aromatic rings. The minimum Gasteiger partial charge on any atom is -0.345 e. The summed E-state index contributed by atoms with van der Waals surface area (Å²) in [5.41, 5.74) is 3.60. The highest BCUT2D eigenvalue weighted by Crippen LogP contribution is 2.28. The number of hydrogen-bond acceptors (Lipinski definition) is 3. The van der Waals surface area contributed by atoms with Gasteiger partial charge in [-0.15, -0.1) is 0 Å². The van der Waals surface area contributed by atoms with Gasteiger partial charge in [-0.05, 0) is 62.4 Å². The number of nitrogens with zero attached hydrogens (tertiary/aromatic N) is 1. The molecule has 2 N–H and O–H groups in total. The second-order valence-corrected chi connectivity index (χ2v) is 8.16. The second kappa shape index (κ2) is 10.8. The summed E-state index contributed by atoms with van der Waals surface area (Å²) < 4.78 is 0. The Morgan fingerprint density at radius 1 is 0.968 bits per heavy atom. The molecule has 0 heterocycles. The summed E-state index contributed by atoms with van der Waals surface area (Å²) in [6.45, 7) is 3.95. The second-order valence-electron chi connectivity index (χ2n) is 8.16. The lowest BCUT2D eigenvalue weighted by molar-refractivity contribution is -0.124. The molecule has 0 bridgehead atoms. The van der Waals surface area contributed by atoms with Gasteiger partial charge in [-0.2, -0.15) is 0 Å². The first-order valence-corrected chi connectivity index (χ1v) is 11.0. The number of hydrogen-bond donors (Lipinski definition) is 2. The van der Waals surface area contributed by atoms with Gasteiger partial charge >= 0.3 is 0 Å². The molecule has 1 aliphatic rings. The number of aryl methyl sites for hydroxylation is 2. The van der Waals surface area contributed by atoms with E-state index < -0.39 is 0 Å². The maximum Gasteiger partial charge on any atom is 0.254 e. The fraction of sp³-hybridized carbons (Fsp3) is 0.400. The number of amides is 3. The number of carbonyl (C=O) groups is 3. The highest BCUT2D eigenvalue weighted by molar-refractivity contribution is 5.98. The van der Waals surface area contributed by atoms with Crippen LogP contribution >= 0.6 is 0 Å². The van der Waals surface area contributed by atoms with Crippen LogP contribution in [0.3, 0.4) is 0 Å². The van der Waals surface area contributed by atoms with Crippen molar-refractivity contribution in [2.45, 2.75) is 52.0 Å². The van der Waals surface area contributed by atoms with Gasteiger partial charge in [0.25, 0.3) is 5.91 Å². The smallest absolute Gasteiger partial charge is 0.254 e. The third-order valence-corrected chi connectivity index (χ3v) is 5.36. The third kappa shape index (κ3) is 6.95. The molecule has 1 fully saturated rings. The average molecular weight is 422 g/mol. The lowest BCUT2D eigenvalue weighted by atomic mass is 10.1. The number of rotatable bonds is 10. The van der Waals surface area contributed by atoms with E-state index in [1.54, 1.807) is 4.90 Å². The Balaban J connectivity index is 1.51. The van der Waals surface area contributed by atoms with Crippen molar-refractivity contribution in [1.82, 2.24) is 10.2 Å². The number of nitrogens with one attached hydrogen (secondary N) is 2. The van der Waals surface area contributed by atoms with Crippen molar-refractivity contribution in [3.05, 3.63) is 65.2 Å². The van der Waals surface area contributed by atoms with Crippen LogP contribution < -0.4 is 10.6 Å².